The van der Waals surface area contributed by atoms with Crippen LogP contribution in [-0.4, -0.2) is 47.6 Å². The number of carbonyl (C=O) groups is 2. The smallest absolute Gasteiger partial charge is 0.238 e. The summed E-state index contributed by atoms with van der Waals surface area (Å²) in [6, 6.07) is 13.4. The molecular weight excluding hydrogens is 398 g/mol. The number of ketones is 1. The van der Waals surface area contributed by atoms with Crippen molar-refractivity contribution in [2.24, 2.45) is 0 Å². The Morgan fingerprint density at radius 3 is 2.60 bits per heavy atom. The van der Waals surface area contributed by atoms with Gasteiger partial charge in [-0.2, -0.15) is 0 Å². The molecule has 6 nitrogen and oxygen atoms in total. The molecule has 0 saturated heterocycles. The second-order valence-corrected chi connectivity index (χ2v) is 8.14. The van der Waals surface area contributed by atoms with Gasteiger partial charge in [-0.25, -0.2) is 0 Å². The molecule has 1 aromatic carbocycles. The minimum atomic E-state index is -0.143. The van der Waals surface area contributed by atoms with Gasteiger partial charge in [0.15, 0.2) is 5.78 Å². The fourth-order valence-corrected chi connectivity index (χ4v) is 4.01. The normalized spacial score (nSPS) is 11.1. The van der Waals surface area contributed by atoms with Crippen LogP contribution in [0.5, 0.6) is 0 Å². The molecule has 7 heteroatoms. The first-order valence-electron chi connectivity index (χ1n) is 9.72. The van der Waals surface area contributed by atoms with Gasteiger partial charge in [0.25, 0.3) is 0 Å². The molecule has 0 fully saturated rings. The van der Waals surface area contributed by atoms with Crippen molar-refractivity contribution in [3.8, 4) is 0 Å². The van der Waals surface area contributed by atoms with Crippen molar-refractivity contribution in [2.45, 2.75) is 25.3 Å². The highest BCUT2D eigenvalue weighted by Gasteiger charge is 2.19. The summed E-state index contributed by atoms with van der Waals surface area (Å²) in [5, 5.41) is 2.93. The Labute approximate surface area is 181 Å². The third-order valence-electron chi connectivity index (χ3n) is 4.98. The molecule has 3 aromatic rings. The van der Waals surface area contributed by atoms with Crippen LogP contribution in [0.3, 0.4) is 0 Å². The van der Waals surface area contributed by atoms with Crippen molar-refractivity contribution in [3.05, 3.63) is 71.4 Å². The number of furan rings is 1. The number of para-hydroxylation sites is 1. The number of rotatable bonds is 9. The summed E-state index contributed by atoms with van der Waals surface area (Å²) in [5.41, 5.74) is 3.37. The van der Waals surface area contributed by atoms with Crippen LogP contribution in [0.15, 0.2) is 58.0 Å². The van der Waals surface area contributed by atoms with E-state index in [0.717, 1.165) is 27.7 Å². The van der Waals surface area contributed by atoms with Gasteiger partial charge in [-0.15, -0.1) is 11.8 Å². The van der Waals surface area contributed by atoms with Crippen LogP contribution in [0.25, 0.3) is 0 Å². The second kappa shape index (κ2) is 9.82. The van der Waals surface area contributed by atoms with Gasteiger partial charge in [0.2, 0.25) is 5.91 Å². The maximum atomic E-state index is 12.9. The predicted octanol–water partition coefficient (Wildman–Crippen LogP) is 4.22. The number of benzene rings is 1. The molecule has 2 aromatic heterocycles. The van der Waals surface area contributed by atoms with E-state index >= 15 is 0 Å². The molecule has 0 unspecified atom stereocenters. The third-order valence-corrected chi connectivity index (χ3v) is 5.77. The number of Topliss-reactive ketones (excluding diaryl/α,β-unsaturated/α-hetero) is 1. The molecule has 158 valence electrons. The van der Waals surface area contributed by atoms with Gasteiger partial charge in [-0.3, -0.25) is 14.5 Å². The van der Waals surface area contributed by atoms with Crippen LogP contribution >= 0.6 is 11.8 Å². The first kappa shape index (κ1) is 21.9. The second-order valence-electron chi connectivity index (χ2n) is 7.29. The van der Waals surface area contributed by atoms with Crippen LogP contribution in [0.2, 0.25) is 0 Å². The third kappa shape index (κ3) is 5.23. The molecule has 0 saturated carbocycles. The summed E-state index contributed by atoms with van der Waals surface area (Å²) in [5.74, 6) is 0.693. The molecule has 0 bridgehead atoms. The number of hydrogen-bond acceptors (Lipinski definition) is 5. The Morgan fingerprint density at radius 2 is 1.90 bits per heavy atom. The summed E-state index contributed by atoms with van der Waals surface area (Å²) in [6.07, 6.45) is 3.62. The van der Waals surface area contributed by atoms with E-state index in [2.05, 4.69) is 9.88 Å². The minimum Gasteiger partial charge on any atom is -0.467 e. The zero-order chi connectivity index (χ0) is 21.7. The number of carbonyl (C=O) groups excluding carboxylic acids is 2. The Hall–Kier alpha value is -2.77. The summed E-state index contributed by atoms with van der Waals surface area (Å²) < 4.78 is 7.50. The van der Waals surface area contributed by atoms with Gasteiger partial charge in [0.05, 0.1) is 31.6 Å². The average molecular weight is 426 g/mol. The van der Waals surface area contributed by atoms with Crippen LogP contribution in [-0.2, 0) is 11.3 Å². The van der Waals surface area contributed by atoms with Crippen molar-refractivity contribution in [1.82, 2.24) is 9.47 Å². The summed E-state index contributed by atoms with van der Waals surface area (Å²) in [6.45, 7) is 4.82. The van der Waals surface area contributed by atoms with E-state index in [-0.39, 0.29) is 24.8 Å². The molecule has 0 radical (unpaired) electrons. The predicted molar refractivity (Wildman–Crippen MR) is 120 cm³/mol. The summed E-state index contributed by atoms with van der Waals surface area (Å²) in [4.78, 5) is 28.0. The van der Waals surface area contributed by atoms with Gasteiger partial charge in [-0.05, 0) is 57.5 Å². The average Bonchev–Trinajstić information content (AvgIpc) is 3.32. The summed E-state index contributed by atoms with van der Waals surface area (Å²) >= 11 is 1.58. The van der Waals surface area contributed by atoms with Gasteiger partial charge in [0, 0.05) is 21.8 Å². The number of hydrogen-bond donors (Lipinski definition) is 1. The number of amides is 1. The fraction of sp³-hybridized carbons (Fsp3) is 0.304. The molecule has 0 aliphatic heterocycles. The van der Waals surface area contributed by atoms with E-state index in [1.54, 1.807) is 30.0 Å². The van der Waals surface area contributed by atoms with Crippen molar-refractivity contribution in [2.75, 3.05) is 31.7 Å². The monoisotopic (exact) mass is 425 g/mol. The molecule has 0 aliphatic rings. The number of aromatic nitrogens is 1. The molecule has 3 rings (SSSR count). The standard InChI is InChI=1S/C23H27N3O3S/c1-16-12-19(17(2)26(16)13-18-8-7-11-29-18)21(27)14-25(3)15-23(28)24-20-9-5-6-10-22(20)30-4/h5-12H,13-15H2,1-4H3,(H,24,28). The van der Waals surface area contributed by atoms with Crippen LogP contribution in [0, 0.1) is 13.8 Å². The van der Waals surface area contributed by atoms with Crippen molar-refractivity contribution in [1.29, 1.82) is 0 Å². The number of nitrogens with one attached hydrogen (secondary N) is 1. The first-order chi connectivity index (χ1) is 14.4. The molecular formula is C23H27N3O3S. The number of likely N-dealkylation sites (N-methyl/N-ethyl adjacent to an activating group) is 1. The maximum absolute atomic E-state index is 12.9. The Balaban J connectivity index is 1.61. The van der Waals surface area contributed by atoms with E-state index in [9.17, 15) is 9.59 Å². The van der Waals surface area contributed by atoms with E-state index in [4.69, 9.17) is 4.42 Å². The van der Waals surface area contributed by atoms with Crippen LogP contribution in [0.1, 0.15) is 27.5 Å². The van der Waals surface area contributed by atoms with Crippen LogP contribution in [0.4, 0.5) is 5.69 Å². The van der Waals surface area contributed by atoms with E-state index in [1.807, 2.05) is 62.6 Å². The van der Waals surface area contributed by atoms with Crippen LogP contribution < -0.4 is 5.32 Å². The summed E-state index contributed by atoms with van der Waals surface area (Å²) in [7, 11) is 1.78. The first-order valence-corrected chi connectivity index (χ1v) is 10.9. The van der Waals surface area contributed by atoms with E-state index < -0.39 is 0 Å². The zero-order valence-electron chi connectivity index (χ0n) is 17.8. The number of anilines is 1. The highest BCUT2D eigenvalue weighted by atomic mass is 32.2. The Morgan fingerprint density at radius 1 is 1.13 bits per heavy atom. The molecule has 2 heterocycles. The molecule has 1 amide bonds. The fourth-order valence-electron chi connectivity index (χ4n) is 3.45. The largest absolute Gasteiger partial charge is 0.467 e. The number of aryl methyl sites for hydroxylation is 1. The Bertz CT molecular complexity index is 1020. The number of thioether (sulfide) groups is 1. The van der Waals surface area contributed by atoms with E-state index in [1.165, 1.54) is 0 Å². The molecule has 0 spiro atoms. The lowest BCUT2D eigenvalue weighted by molar-refractivity contribution is -0.116. The van der Waals surface area contributed by atoms with Crippen molar-refractivity contribution >= 4 is 29.1 Å². The minimum absolute atomic E-state index is 0.00592. The lowest BCUT2D eigenvalue weighted by Crippen LogP contribution is -2.34. The Kier molecular flexibility index (Phi) is 7.18. The molecule has 0 atom stereocenters. The zero-order valence-corrected chi connectivity index (χ0v) is 18.6. The molecule has 1 N–H and O–H groups in total. The van der Waals surface area contributed by atoms with Gasteiger partial charge >= 0.3 is 0 Å². The van der Waals surface area contributed by atoms with Gasteiger partial charge in [-0.1, -0.05) is 12.1 Å². The lowest BCUT2D eigenvalue weighted by atomic mass is 10.1. The van der Waals surface area contributed by atoms with Gasteiger partial charge < -0.3 is 14.3 Å². The highest BCUT2D eigenvalue weighted by Crippen LogP contribution is 2.24. The van der Waals surface area contributed by atoms with Gasteiger partial charge in [0.1, 0.15) is 5.76 Å². The number of nitrogens with zero attached hydrogens (tertiary/aromatic N) is 2. The molecule has 30 heavy (non-hydrogen) atoms. The highest BCUT2D eigenvalue weighted by molar-refractivity contribution is 7.98. The molecule has 0 aliphatic carbocycles. The van der Waals surface area contributed by atoms with Crippen molar-refractivity contribution in [3.63, 3.8) is 0 Å². The quantitative estimate of drug-likeness (QED) is 0.411. The topological polar surface area (TPSA) is 67.5 Å². The lowest BCUT2D eigenvalue weighted by Gasteiger charge is -2.16. The van der Waals surface area contributed by atoms with E-state index in [0.29, 0.717) is 12.1 Å². The maximum Gasteiger partial charge on any atom is 0.238 e. The SMILES string of the molecule is CSc1ccccc1NC(=O)CN(C)CC(=O)c1cc(C)n(Cc2ccco2)c1C. The van der Waals surface area contributed by atoms with Crippen molar-refractivity contribution < 1.29 is 14.0 Å².